The van der Waals surface area contributed by atoms with Crippen LogP contribution in [-0.2, 0) is 9.53 Å². The molecule has 3 atom stereocenters. The molecule has 1 heterocycles. The van der Waals surface area contributed by atoms with E-state index >= 15 is 0 Å². The lowest BCUT2D eigenvalue weighted by atomic mass is 9.69. The first-order valence-electron chi connectivity index (χ1n) is 7.96. The lowest BCUT2D eigenvalue weighted by Gasteiger charge is -2.39. The molecule has 1 N–H and O–H groups in total. The highest BCUT2D eigenvalue weighted by atomic mass is 79.9. The van der Waals surface area contributed by atoms with Crippen molar-refractivity contribution in [2.75, 3.05) is 6.61 Å². The molecular weight excluding hydrogens is 378 g/mol. The number of esters is 1. The molecule has 1 amide bonds. The Morgan fingerprint density at radius 2 is 2.13 bits per heavy atom. The fraction of sp³-hybridized carbons (Fsp3) is 0.647. The number of amides is 1. The number of thiophene rings is 1. The third-order valence-electron chi connectivity index (χ3n) is 6.24. The summed E-state index contributed by atoms with van der Waals surface area (Å²) in [5, 5.41) is 3.10. The van der Waals surface area contributed by atoms with Gasteiger partial charge >= 0.3 is 5.97 Å². The van der Waals surface area contributed by atoms with Gasteiger partial charge in [-0.25, -0.2) is 4.79 Å². The van der Waals surface area contributed by atoms with Crippen LogP contribution in [0.25, 0.3) is 0 Å². The number of carbonyl (C=O) groups excluding carboxylic acids is 2. The minimum absolute atomic E-state index is 0.135. The largest absolute Gasteiger partial charge is 0.451 e. The number of rotatable bonds is 4. The fourth-order valence-electron chi connectivity index (χ4n) is 4.28. The SMILES string of the molecule is CC1(C)C2CCC1(C)C(NC(=O)COC(=O)c1ccc(Br)s1)C2. The highest BCUT2D eigenvalue weighted by Crippen LogP contribution is 2.65. The maximum absolute atomic E-state index is 12.2. The van der Waals surface area contributed by atoms with Gasteiger partial charge in [-0.15, -0.1) is 11.3 Å². The zero-order valence-electron chi connectivity index (χ0n) is 13.6. The second-order valence-corrected chi connectivity index (χ2v) is 9.87. The predicted octanol–water partition coefficient (Wildman–Crippen LogP) is 4.00. The normalized spacial score (nSPS) is 31.1. The molecule has 2 aliphatic carbocycles. The Kier molecular flexibility index (Phi) is 4.34. The van der Waals surface area contributed by atoms with Gasteiger partial charge in [-0.3, -0.25) is 4.79 Å². The highest BCUT2D eigenvalue weighted by Gasteiger charge is 2.61. The summed E-state index contributed by atoms with van der Waals surface area (Å²) in [7, 11) is 0. The van der Waals surface area contributed by atoms with Crippen molar-refractivity contribution < 1.29 is 14.3 Å². The molecule has 6 heteroatoms. The van der Waals surface area contributed by atoms with Crippen LogP contribution in [0.4, 0.5) is 0 Å². The Hall–Kier alpha value is -0.880. The van der Waals surface area contributed by atoms with Gasteiger partial charge in [0, 0.05) is 6.04 Å². The van der Waals surface area contributed by atoms with Gasteiger partial charge in [0.25, 0.3) is 5.91 Å². The van der Waals surface area contributed by atoms with Gasteiger partial charge in [-0.2, -0.15) is 0 Å². The number of hydrogen-bond acceptors (Lipinski definition) is 4. The Balaban J connectivity index is 1.54. The van der Waals surface area contributed by atoms with E-state index in [0.29, 0.717) is 10.8 Å². The minimum atomic E-state index is -0.449. The molecule has 0 aromatic carbocycles. The Bertz CT molecular complexity index is 642. The zero-order valence-corrected chi connectivity index (χ0v) is 16.1. The van der Waals surface area contributed by atoms with Crippen LogP contribution in [0.15, 0.2) is 15.9 Å². The van der Waals surface area contributed by atoms with Crippen LogP contribution < -0.4 is 5.32 Å². The number of halogens is 1. The molecule has 2 aliphatic rings. The van der Waals surface area contributed by atoms with Crippen molar-refractivity contribution in [1.29, 1.82) is 0 Å². The third kappa shape index (κ3) is 2.84. The molecule has 23 heavy (non-hydrogen) atoms. The quantitative estimate of drug-likeness (QED) is 0.778. The van der Waals surface area contributed by atoms with Crippen LogP contribution in [0, 0.1) is 16.7 Å². The number of nitrogens with one attached hydrogen (secondary N) is 1. The van der Waals surface area contributed by atoms with E-state index in [1.165, 1.54) is 17.8 Å². The standard InChI is InChI=1S/C17H22BrNO3S/c1-16(2)10-6-7-17(16,3)12(8-10)19-14(20)9-22-15(21)11-4-5-13(18)23-11/h4-5,10,12H,6-9H2,1-3H3,(H,19,20). The van der Waals surface area contributed by atoms with Crippen molar-refractivity contribution in [3.63, 3.8) is 0 Å². The summed E-state index contributed by atoms with van der Waals surface area (Å²) in [6.07, 6.45) is 3.43. The molecular formula is C17H22BrNO3S. The smallest absolute Gasteiger partial charge is 0.348 e. The molecule has 0 saturated heterocycles. The average molecular weight is 400 g/mol. The van der Waals surface area contributed by atoms with Gasteiger partial charge in [0.1, 0.15) is 4.88 Å². The van der Waals surface area contributed by atoms with Crippen molar-refractivity contribution in [2.45, 2.75) is 46.1 Å². The van der Waals surface area contributed by atoms with Crippen molar-refractivity contribution in [2.24, 2.45) is 16.7 Å². The molecule has 3 unspecified atom stereocenters. The molecule has 0 aliphatic heterocycles. The molecule has 4 nitrogen and oxygen atoms in total. The molecule has 0 spiro atoms. The molecule has 2 bridgehead atoms. The zero-order chi connectivity index (χ0) is 16.8. The summed E-state index contributed by atoms with van der Waals surface area (Å²) in [4.78, 5) is 24.6. The monoisotopic (exact) mass is 399 g/mol. The molecule has 126 valence electrons. The summed E-state index contributed by atoms with van der Waals surface area (Å²) in [6.45, 7) is 6.68. The third-order valence-corrected chi connectivity index (χ3v) is 7.84. The summed E-state index contributed by atoms with van der Waals surface area (Å²) in [5.41, 5.74) is 0.390. The van der Waals surface area contributed by atoms with E-state index in [1.54, 1.807) is 12.1 Å². The lowest BCUT2D eigenvalue weighted by molar-refractivity contribution is -0.126. The topological polar surface area (TPSA) is 55.4 Å². The maximum Gasteiger partial charge on any atom is 0.348 e. The van der Waals surface area contributed by atoms with Crippen molar-refractivity contribution in [3.05, 3.63) is 20.8 Å². The van der Waals surface area contributed by atoms with E-state index in [4.69, 9.17) is 4.74 Å². The minimum Gasteiger partial charge on any atom is -0.451 e. The number of fused-ring (bicyclic) bond motifs is 2. The highest BCUT2D eigenvalue weighted by molar-refractivity contribution is 9.11. The first-order chi connectivity index (χ1) is 10.7. The number of carbonyl (C=O) groups is 2. The lowest BCUT2D eigenvalue weighted by Crippen LogP contribution is -2.48. The second-order valence-electron chi connectivity index (χ2n) is 7.41. The molecule has 2 fully saturated rings. The first-order valence-corrected chi connectivity index (χ1v) is 9.57. The van der Waals surface area contributed by atoms with Crippen LogP contribution in [0.2, 0.25) is 0 Å². The number of ether oxygens (including phenoxy) is 1. The van der Waals surface area contributed by atoms with Gasteiger partial charge in [-0.05, 0) is 64.1 Å². The average Bonchev–Trinajstić information content (AvgIpc) is 3.06. The van der Waals surface area contributed by atoms with E-state index in [1.807, 2.05) is 0 Å². The van der Waals surface area contributed by atoms with Gasteiger partial charge in [0.2, 0.25) is 0 Å². The Morgan fingerprint density at radius 1 is 1.39 bits per heavy atom. The van der Waals surface area contributed by atoms with Crippen molar-refractivity contribution in [1.82, 2.24) is 5.32 Å². The summed E-state index contributed by atoms with van der Waals surface area (Å²) >= 11 is 4.61. The molecule has 3 rings (SSSR count). The summed E-state index contributed by atoms with van der Waals surface area (Å²) in [6, 6.07) is 3.66. The second kappa shape index (κ2) is 5.88. The fourth-order valence-corrected chi connectivity index (χ4v) is 5.56. The van der Waals surface area contributed by atoms with Crippen LogP contribution in [0.5, 0.6) is 0 Å². The molecule has 0 radical (unpaired) electrons. The number of hydrogen-bond donors (Lipinski definition) is 1. The summed E-state index contributed by atoms with van der Waals surface area (Å²) in [5.74, 6) is 0.0164. The van der Waals surface area contributed by atoms with Gasteiger partial charge in [0.15, 0.2) is 6.61 Å². The van der Waals surface area contributed by atoms with E-state index in [-0.39, 0.29) is 29.4 Å². The van der Waals surface area contributed by atoms with Crippen LogP contribution in [0.3, 0.4) is 0 Å². The van der Waals surface area contributed by atoms with E-state index < -0.39 is 5.97 Å². The van der Waals surface area contributed by atoms with E-state index in [2.05, 4.69) is 42.0 Å². The van der Waals surface area contributed by atoms with Crippen molar-refractivity contribution >= 4 is 39.1 Å². The first kappa shape index (κ1) is 17.0. The van der Waals surface area contributed by atoms with Crippen molar-refractivity contribution in [3.8, 4) is 0 Å². The van der Waals surface area contributed by atoms with Crippen LogP contribution in [-0.4, -0.2) is 24.5 Å². The molecule has 1 aromatic rings. The van der Waals surface area contributed by atoms with Crippen LogP contribution >= 0.6 is 27.3 Å². The Labute approximate surface area is 149 Å². The molecule has 2 saturated carbocycles. The Morgan fingerprint density at radius 3 is 2.65 bits per heavy atom. The van der Waals surface area contributed by atoms with E-state index in [0.717, 1.165) is 16.6 Å². The van der Waals surface area contributed by atoms with Gasteiger partial charge < -0.3 is 10.1 Å². The summed E-state index contributed by atoms with van der Waals surface area (Å²) < 4.78 is 5.98. The molecule has 1 aromatic heterocycles. The predicted molar refractivity (Wildman–Crippen MR) is 93.5 cm³/mol. The van der Waals surface area contributed by atoms with Crippen LogP contribution in [0.1, 0.15) is 49.7 Å². The van der Waals surface area contributed by atoms with Gasteiger partial charge in [-0.1, -0.05) is 20.8 Å². The maximum atomic E-state index is 12.2. The van der Waals surface area contributed by atoms with Gasteiger partial charge in [0.05, 0.1) is 3.79 Å². The van der Waals surface area contributed by atoms with E-state index in [9.17, 15) is 9.59 Å².